The molecule has 0 aliphatic carbocycles. The topological polar surface area (TPSA) is 92.4 Å². The van der Waals surface area contributed by atoms with E-state index in [2.05, 4.69) is 5.32 Å². The number of carbonyl (C=O) groups excluding carboxylic acids is 1. The first-order valence-corrected chi connectivity index (χ1v) is 6.29. The quantitative estimate of drug-likeness (QED) is 0.666. The van der Waals surface area contributed by atoms with Crippen molar-refractivity contribution in [1.29, 1.82) is 0 Å². The van der Waals surface area contributed by atoms with E-state index in [0.717, 1.165) is 0 Å². The van der Waals surface area contributed by atoms with E-state index < -0.39 is 35.6 Å². The van der Waals surface area contributed by atoms with Crippen molar-refractivity contribution >= 4 is 11.9 Å². The Morgan fingerprint density at radius 2 is 1.75 bits per heavy atom. The fourth-order valence-electron chi connectivity index (χ4n) is 1.43. The highest BCUT2D eigenvalue weighted by molar-refractivity contribution is 5.86. The zero-order valence-electron chi connectivity index (χ0n) is 11.8. The number of carboxylic acids is 1. The number of alkyl halides is 3. The number of nitrogens with one attached hydrogen (secondary N) is 1. The third kappa shape index (κ3) is 5.36. The third-order valence-corrected chi connectivity index (χ3v) is 3.13. The molecule has 3 atom stereocenters. The molecule has 8 heteroatoms. The number of rotatable bonds is 7. The second-order valence-electron chi connectivity index (χ2n) is 5.24. The summed E-state index contributed by atoms with van der Waals surface area (Å²) in [7, 11) is 0. The Balaban J connectivity index is 4.25. The molecule has 0 bridgehead atoms. The van der Waals surface area contributed by atoms with Crippen LogP contribution in [0.5, 0.6) is 0 Å². The lowest BCUT2D eigenvalue weighted by molar-refractivity contribution is -0.187. The van der Waals surface area contributed by atoms with Crippen molar-refractivity contribution in [2.24, 2.45) is 11.7 Å². The first kappa shape index (κ1) is 18.7. The van der Waals surface area contributed by atoms with Crippen LogP contribution in [0.2, 0.25) is 0 Å². The predicted octanol–water partition coefficient (Wildman–Crippen LogP) is 1.66. The molecule has 3 unspecified atom stereocenters. The van der Waals surface area contributed by atoms with Gasteiger partial charge in [-0.2, -0.15) is 13.2 Å². The van der Waals surface area contributed by atoms with Gasteiger partial charge in [-0.3, -0.25) is 9.59 Å². The molecule has 0 spiro atoms. The number of nitrogens with two attached hydrogens (primary N) is 1. The van der Waals surface area contributed by atoms with Gasteiger partial charge in [0.1, 0.15) is 0 Å². The Hall–Kier alpha value is -1.31. The first-order chi connectivity index (χ1) is 8.89. The zero-order chi connectivity index (χ0) is 16.1. The molecule has 0 heterocycles. The van der Waals surface area contributed by atoms with Gasteiger partial charge in [0.15, 0.2) is 5.54 Å². The maximum Gasteiger partial charge on any atom is 0.415 e. The Labute approximate surface area is 115 Å². The molecule has 0 aliphatic heterocycles. The number of hydrogen-bond acceptors (Lipinski definition) is 3. The van der Waals surface area contributed by atoms with E-state index in [1.165, 1.54) is 0 Å². The summed E-state index contributed by atoms with van der Waals surface area (Å²) in [6, 6.07) is -0.506. The number of carboxylic acid groups (broad SMARTS) is 1. The van der Waals surface area contributed by atoms with Gasteiger partial charge in [0, 0.05) is 6.04 Å². The average Bonchev–Trinajstić information content (AvgIpc) is 2.26. The highest BCUT2D eigenvalue weighted by atomic mass is 19.4. The number of amides is 1. The molecule has 4 N–H and O–H groups in total. The molecule has 0 aromatic heterocycles. The largest absolute Gasteiger partial charge is 0.481 e. The fraction of sp³-hybridized carbons (Fsp3) is 0.833. The van der Waals surface area contributed by atoms with Gasteiger partial charge in [-0.25, -0.2) is 0 Å². The minimum absolute atomic E-state index is 0.386. The van der Waals surface area contributed by atoms with Gasteiger partial charge >= 0.3 is 12.1 Å². The minimum atomic E-state index is -4.82. The van der Waals surface area contributed by atoms with Gasteiger partial charge in [-0.15, -0.1) is 0 Å². The first-order valence-electron chi connectivity index (χ1n) is 6.29. The van der Waals surface area contributed by atoms with E-state index in [1.54, 1.807) is 13.8 Å². The van der Waals surface area contributed by atoms with Crippen LogP contribution in [0.1, 0.15) is 40.0 Å². The van der Waals surface area contributed by atoms with Gasteiger partial charge in [0.25, 0.3) is 0 Å². The molecular formula is C12H21F3N2O3. The summed E-state index contributed by atoms with van der Waals surface area (Å²) in [5.74, 6) is -2.73. The molecule has 0 saturated carbocycles. The Bertz CT molecular complexity index is 356. The second-order valence-corrected chi connectivity index (χ2v) is 5.24. The summed E-state index contributed by atoms with van der Waals surface area (Å²) in [5, 5.41) is 10.9. The van der Waals surface area contributed by atoms with Gasteiger partial charge in [0.05, 0.1) is 5.92 Å². The maximum atomic E-state index is 12.5. The molecule has 0 aliphatic rings. The predicted molar refractivity (Wildman–Crippen MR) is 66.9 cm³/mol. The van der Waals surface area contributed by atoms with Gasteiger partial charge in [-0.1, -0.05) is 13.3 Å². The standard InChI is InChI=1S/C12H21F3N2O3/c1-7(9(18)19)5-4-6-8(2)17-10(20)11(3,16)12(13,14)15/h7-8H,4-6,16H2,1-3H3,(H,17,20)(H,18,19). The molecule has 1 amide bonds. The monoisotopic (exact) mass is 298 g/mol. The van der Waals surface area contributed by atoms with Crippen molar-refractivity contribution in [2.75, 3.05) is 0 Å². The minimum Gasteiger partial charge on any atom is -0.481 e. The molecular weight excluding hydrogens is 277 g/mol. The van der Waals surface area contributed by atoms with E-state index in [0.29, 0.717) is 26.2 Å². The Morgan fingerprint density at radius 1 is 1.25 bits per heavy atom. The van der Waals surface area contributed by atoms with Crippen LogP contribution < -0.4 is 11.1 Å². The molecule has 0 saturated heterocycles. The normalized spacial score (nSPS) is 17.9. The summed E-state index contributed by atoms with van der Waals surface area (Å²) in [5.41, 5.74) is 2.05. The van der Waals surface area contributed by atoms with Gasteiger partial charge in [0.2, 0.25) is 5.91 Å². The van der Waals surface area contributed by atoms with Crippen LogP contribution in [-0.4, -0.2) is 34.7 Å². The fourth-order valence-corrected chi connectivity index (χ4v) is 1.43. The summed E-state index contributed by atoms with van der Waals surface area (Å²) < 4.78 is 37.6. The molecule has 0 fully saturated rings. The van der Waals surface area contributed by atoms with E-state index in [1.807, 2.05) is 0 Å². The van der Waals surface area contributed by atoms with Crippen LogP contribution in [-0.2, 0) is 9.59 Å². The van der Waals surface area contributed by atoms with E-state index in [9.17, 15) is 22.8 Å². The van der Waals surface area contributed by atoms with Crippen LogP contribution in [0.3, 0.4) is 0 Å². The number of halogens is 3. The van der Waals surface area contributed by atoms with Crippen molar-refractivity contribution in [1.82, 2.24) is 5.32 Å². The number of aliphatic carboxylic acids is 1. The zero-order valence-corrected chi connectivity index (χ0v) is 11.8. The van der Waals surface area contributed by atoms with E-state index in [-0.39, 0.29) is 0 Å². The highest BCUT2D eigenvalue weighted by Gasteiger charge is 2.54. The van der Waals surface area contributed by atoms with Crippen LogP contribution in [0.15, 0.2) is 0 Å². The molecule has 118 valence electrons. The van der Waals surface area contributed by atoms with Crippen molar-refractivity contribution in [3.05, 3.63) is 0 Å². The van der Waals surface area contributed by atoms with Gasteiger partial charge < -0.3 is 16.2 Å². The van der Waals surface area contributed by atoms with Gasteiger partial charge in [-0.05, 0) is 26.7 Å². The molecule has 0 radical (unpaired) electrons. The average molecular weight is 298 g/mol. The number of carbonyl (C=O) groups is 2. The summed E-state index contributed by atoms with van der Waals surface area (Å²) in [6.07, 6.45) is -3.55. The lowest BCUT2D eigenvalue weighted by atomic mass is 9.99. The molecule has 0 aromatic rings. The Kier molecular flexibility index (Phi) is 6.46. The lowest BCUT2D eigenvalue weighted by Gasteiger charge is -2.28. The van der Waals surface area contributed by atoms with E-state index >= 15 is 0 Å². The summed E-state index contributed by atoms with van der Waals surface area (Å²) in [4.78, 5) is 22.1. The Morgan fingerprint density at radius 3 is 2.15 bits per heavy atom. The molecule has 0 rings (SSSR count). The maximum absolute atomic E-state index is 12.5. The summed E-state index contributed by atoms with van der Waals surface area (Å²) >= 11 is 0. The number of hydrogen-bond donors (Lipinski definition) is 3. The van der Waals surface area contributed by atoms with Crippen molar-refractivity contribution < 1.29 is 27.9 Å². The third-order valence-electron chi connectivity index (χ3n) is 3.13. The van der Waals surface area contributed by atoms with E-state index in [4.69, 9.17) is 10.8 Å². The van der Waals surface area contributed by atoms with Crippen molar-refractivity contribution in [2.45, 2.75) is 57.8 Å². The van der Waals surface area contributed by atoms with Crippen LogP contribution in [0.25, 0.3) is 0 Å². The molecule has 20 heavy (non-hydrogen) atoms. The van der Waals surface area contributed by atoms with Crippen LogP contribution in [0.4, 0.5) is 13.2 Å². The second kappa shape index (κ2) is 6.92. The van der Waals surface area contributed by atoms with Crippen LogP contribution >= 0.6 is 0 Å². The van der Waals surface area contributed by atoms with Crippen LogP contribution in [0, 0.1) is 5.92 Å². The van der Waals surface area contributed by atoms with Crippen molar-refractivity contribution in [3.63, 3.8) is 0 Å². The van der Waals surface area contributed by atoms with Crippen molar-refractivity contribution in [3.8, 4) is 0 Å². The highest BCUT2D eigenvalue weighted by Crippen LogP contribution is 2.28. The summed E-state index contributed by atoms with van der Waals surface area (Å²) in [6.45, 7) is 3.71. The molecule has 5 nitrogen and oxygen atoms in total. The molecule has 0 aromatic carbocycles. The lowest BCUT2D eigenvalue weighted by Crippen LogP contribution is -2.62. The smallest absolute Gasteiger partial charge is 0.415 e. The SMILES string of the molecule is CC(CCCC(C)C(=O)O)NC(=O)C(C)(N)C(F)(F)F.